The molecule has 3 nitrogen and oxygen atoms in total. The quantitative estimate of drug-likeness (QED) is 0.635. The Morgan fingerprint density at radius 2 is 2.05 bits per heavy atom. The van der Waals surface area contributed by atoms with Gasteiger partial charge in [-0.2, -0.15) is 5.10 Å². The first-order chi connectivity index (χ1) is 10.0. The minimum atomic E-state index is 0.196. The van der Waals surface area contributed by atoms with Crippen LogP contribution in [0.2, 0.25) is 0 Å². The van der Waals surface area contributed by atoms with Gasteiger partial charge in [0.1, 0.15) is 5.78 Å². The number of aryl methyl sites for hydroxylation is 2. The maximum atomic E-state index is 12.2. The minimum Gasteiger partial charge on any atom is -0.298 e. The zero-order valence-corrected chi connectivity index (χ0v) is 15.9. The van der Waals surface area contributed by atoms with Gasteiger partial charge in [-0.1, -0.05) is 19.1 Å². The van der Waals surface area contributed by atoms with Crippen molar-refractivity contribution in [2.45, 2.75) is 24.7 Å². The Kier molecular flexibility index (Phi) is 6.08. The monoisotopic (exact) mass is 430 g/mol. The molecule has 0 saturated carbocycles. The number of ketones is 1. The Bertz CT molecular complexity index is 655. The number of nitrogens with zero attached hydrogens (tertiary/aromatic N) is 2. The molecule has 0 aliphatic heterocycles. The van der Waals surface area contributed by atoms with Gasteiger partial charge in [0.25, 0.3) is 0 Å². The minimum absolute atomic E-state index is 0.196. The van der Waals surface area contributed by atoms with Crippen molar-refractivity contribution in [1.82, 2.24) is 9.78 Å². The molecule has 2 aromatic rings. The number of thioether (sulfide) groups is 1. The van der Waals surface area contributed by atoms with Crippen LogP contribution in [0.25, 0.3) is 0 Å². The highest BCUT2D eigenvalue weighted by molar-refractivity contribution is 9.10. The Hall–Kier alpha value is -0.590. The number of hydrogen-bond acceptors (Lipinski definition) is 3. The normalized spacial score (nSPS) is 10.9. The van der Waals surface area contributed by atoms with Crippen LogP contribution in [0.1, 0.15) is 18.3 Å². The fourth-order valence-corrected chi connectivity index (χ4v) is 4.15. The summed E-state index contributed by atoms with van der Waals surface area (Å²) >= 11 is 8.60. The maximum Gasteiger partial charge on any atom is 0.149 e. The van der Waals surface area contributed by atoms with Gasteiger partial charge in [0, 0.05) is 16.4 Å². The van der Waals surface area contributed by atoms with E-state index >= 15 is 0 Å². The summed E-state index contributed by atoms with van der Waals surface area (Å²) in [6, 6.07) is 7.94. The number of hydrogen-bond donors (Lipinski definition) is 0. The lowest BCUT2D eigenvalue weighted by molar-refractivity contribution is -0.116. The summed E-state index contributed by atoms with van der Waals surface area (Å²) in [5, 5.41) is 4.42. The van der Waals surface area contributed by atoms with Crippen molar-refractivity contribution in [3.63, 3.8) is 0 Å². The van der Waals surface area contributed by atoms with Gasteiger partial charge >= 0.3 is 0 Å². The third kappa shape index (κ3) is 4.20. The molecule has 21 heavy (non-hydrogen) atoms. The molecule has 2 rings (SSSR count). The van der Waals surface area contributed by atoms with E-state index in [0.29, 0.717) is 12.2 Å². The average Bonchev–Trinajstić information content (AvgIpc) is 2.74. The largest absolute Gasteiger partial charge is 0.298 e. The van der Waals surface area contributed by atoms with Crippen molar-refractivity contribution in [3.05, 3.63) is 44.6 Å². The van der Waals surface area contributed by atoms with Gasteiger partial charge in [-0.15, -0.1) is 11.8 Å². The second-order valence-corrected chi connectivity index (χ2v) is 7.28. The molecule has 0 aliphatic rings. The number of benzene rings is 1. The zero-order chi connectivity index (χ0) is 15.4. The van der Waals surface area contributed by atoms with Crippen molar-refractivity contribution >= 4 is 49.4 Å². The van der Waals surface area contributed by atoms with Crippen LogP contribution in [0.15, 0.2) is 38.1 Å². The number of carbonyl (C=O) groups is 1. The summed E-state index contributed by atoms with van der Waals surface area (Å²) in [6.07, 6.45) is 1.26. The van der Waals surface area contributed by atoms with Crippen molar-refractivity contribution in [2.75, 3.05) is 5.75 Å². The SMILES string of the molecule is CCc1nn(C)c(CC(=O)CSc2ccccc2Br)c1Br. The molecule has 112 valence electrons. The number of rotatable bonds is 6. The van der Waals surface area contributed by atoms with E-state index in [-0.39, 0.29) is 5.78 Å². The van der Waals surface area contributed by atoms with Gasteiger partial charge in [-0.05, 0) is 50.4 Å². The van der Waals surface area contributed by atoms with Gasteiger partial charge in [0.05, 0.1) is 28.0 Å². The van der Waals surface area contributed by atoms with E-state index in [4.69, 9.17) is 0 Å². The van der Waals surface area contributed by atoms with E-state index < -0.39 is 0 Å². The topological polar surface area (TPSA) is 34.9 Å². The Morgan fingerprint density at radius 1 is 1.33 bits per heavy atom. The van der Waals surface area contributed by atoms with E-state index in [9.17, 15) is 4.79 Å². The van der Waals surface area contributed by atoms with Gasteiger partial charge in [0.2, 0.25) is 0 Å². The Morgan fingerprint density at radius 3 is 2.67 bits per heavy atom. The average molecular weight is 432 g/mol. The molecule has 0 N–H and O–H groups in total. The second kappa shape index (κ2) is 7.61. The molecule has 1 heterocycles. The smallest absolute Gasteiger partial charge is 0.149 e. The van der Waals surface area contributed by atoms with E-state index in [2.05, 4.69) is 43.9 Å². The summed E-state index contributed by atoms with van der Waals surface area (Å²) in [6.45, 7) is 2.06. The lowest BCUT2D eigenvalue weighted by atomic mass is 10.2. The van der Waals surface area contributed by atoms with Crippen LogP contribution in [0.3, 0.4) is 0 Å². The maximum absolute atomic E-state index is 12.2. The van der Waals surface area contributed by atoms with Crippen LogP contribution in [0.4, 0.5) is 0 Å². The third-order valence-electron chi connectivity index (χ3n) is 3.09. The van der Waals surface area contributed by atoms with Crippen LogP contribution < -0.4 is 0 Å². The van der Waals surface area contributed by atoms with Gasteiger partial charge in [-0.25, -0.2) is 0 Å². The highest BCUT2D eigenvalue weighted by Crippen LogP contribution is 2.28. The molecule has 0 atom stereocenters. The molecule has 0 spiro atoms. The lowest BCUT2D eigenvalue weighted by Gasteiger charge is -2.05. The number of carbonyl (C=O) groups excluding carboxylic acids is 1. The third-order valence-corrected chi connectivity index (χ3v) is 6.10. The van der Waals surface area contributed by atoms with E-state index in [1.54, 1.807) is 16.4 Å². The molecule has 0 bridgehead atoms. The second-order valence-electron chi connectivity index (χ2n) is 4.62. The number of halogens is 2. The first-order valence-electron chi connectivity index (χ1n) is 6.62. The molecule has 0 aliphatic carbocycles. The van der Waals surface area contributed by atoms with Crippen LogP contribution in [0, 0.1) is 0 Å². The molecule has 1 aromatic carbocycles. The number of aromatic nitrogens is 2. The molecule has 0 radical (unpaired) electrons. The summed E-state index contributed by atoms with van der Waals surface area (Å²) in [4.78, 5) is 13.3. The molecular weight excluding hydrogens is 416 g/mol. The Labute approximate surface area is 145 Å². The van der Waals surface area contributed by atoms with Gasteiger partial charge < -0.3 is 0 Å². The van der Waals surface area contributed by atoms with E-state index in [0.717, 1.165) is 31.6 Å². The Balaban J connectivity index is 2.00. The zero-order valence-electron chi connectivity index (χ0n) is 11.9. The van der Waals surface area contributed by atoms with Crippen molar-refractivity contribution < 1.29 is 4.79 Å². The van der Waals surface area contributed by atoms with Crippen molar-refractivity contribution in [3.8, 4) is 0 Å². The molecule has 0 amide bonds. The predicted octanol–water partition coefficient (Wildman–Crippen LogP) is 4.41. The molecule has 1 aromatic heterocycles. The van der Waals surface area contributed by atoms with E-state index in [1.165, 1.54) is 0 Å². The van der Waals surface area contributed by atoms with Crippen molar-refractivity contribution in [1.29, 1.82) is 0 Å². The van der Waals surface area contributed by atoms with Crippen LogP contribution in [-0.2, 0) is 24.7 Å². The summed E-state index contributed by atoms with van der Waals surface area (Å²) < 4.78 is 3.79. The standard InChI is InChI=1S/C15H16Br2N2OS/c1-3-12-15(17)13(19(2)18-12)8-10(20)9-21-14-7-5-4-6-11(14)16/h4-7H,3,8-9H2,1-2H3. The molecular formula is C15H16Br2N2OS. The van der Waals surface area contributed by atoms with Gasteiger partial charge in [-0.3, -0.25) is 9.48 Å². The predicted molar refractivity (Wildman–Crippen MR) is 93.9 cm³/mol. The fourth-order valence-electron chi connectivity index (χ4n) is 1.97. The van der Waals surface area contributed by atoms with Crippen LogP contribution in [-0.4, -0.2) is 21.3 Å². The molecule has 6 heteroatoms. The highest BCUT2D eigenvalue weighted by Gasteiger charge is 2.16. The number of Topliss-reactive ketones (excluding diaryl/α,β-unsaturated/α-hetero) is 1. The first-order valence-corrected chi connectivity index (χ1v) is 9.19. The van der Waals surface area contributed by atoms with E-state index in [1.807, 2.05) is 31.3 Å². The highest BCUT2D eigenvalue weighted by atomic mass is 79.9. The van der Waals surface area contributed by atoms with Crippen LogP contribution in [0.5, 0.6) is 0 Å². The summed E-state index contributed by atoms with van der Waals surface area (Å²) in [5.41, 5.74) is 1.95. The molecule has 0 unspecified atom stereocenters. The van der Waals surface area contributed by atoms with Crippen LogP contribution >= 0.6 is 43.6 Å². The first kappa shape index (κ1) is 16.8. The van der Waals surface area contributed by atoms with Crippen molar-refractivity contribution in [2.24, 2.45) is 7.05 Å². The summed E-state index contributed by atoms with van der Waals surface area (Å²) in [5.74, 6) is 0.656. The summed E-state index contributed by atoms with van der Waals surface area (Å²) in [7, 11) is 1.88. The van der Waals surface area contributed by atoms with Gasteiger partial charge in [0.15, 0.2) is 0 Å². The molecule has 0 fully saturated rings. The molecule has 0 saturated heterocycles. The lowest BCUT2D eigenvalue weighted by Crippen LogP contribution is -2.10. The fraction of sp³-hybridized carbons (Fsp3) is 0.333.